The number of fused-ring (bicyclic) bond motifs is 5. The van der Waals surface area contributed by atoms with E-state index >= 15 is 0 Å². The number of amides is 3. The second-order valence-electron chi connectivity index (χ2n) is 8.53. The lowest BCUT2D eigenvalue weighted by molar-refractivity contribution is -0.141. The summed E-state index contributed by atoms with van der Waals surface area (Å²) in [6.45, 7) is -0.465. The Bertz CT molecular complexity index is 1150. The van der Waals surface area contributed by atoms with Crippen molar-refractivity contribution < 1.29 is 27.6 Å². The van der Waals surface area contributed by atoms with Gasteiger partial charge >= 0.3 is 6.18 Å². The molecule has 0 N–H and O–H groups in total. The predicted octanol–water partition coefficient (Wildman–Crippen LogP) is 4.77. The van der Waals surface area contributed by atoms with Crippen LogP contribution in [0.25, 0.3) is 0 Å². The number of hydrogen-bond acceptors (Lipinski definition) is 3. The lowest BCUT2D eigenvalue weighted by Crippen LogP contribution is -2.45. The molecule has 0 aromatic heterocycles. The van der Waals surface area contributed by atoms with Crippen LogP contribution in [-0.4, -0.2) is 29.3 Å². The van der Waals surface area contributed by atoms with E-state index in [9.17, 15) is 27.6 Å². The molecular weight excluding hydrogens is 457 g/mol. The summed E-state index contributed by atoms with van der Waals surface area (Å²) in [6, 6.07) is 10.1. The fourth-order valence-electron chi connectivity index (χ4n) is 5.11. The third kappa shape index (κ3) is 3.62. The van der Waals surface area contributed by atoms with Crippen LogP contribution < -0.4 is 4.90 Å². The first-order valence-electron chi connectivity index (χ1n) is 10.4. The van der Waals surface area contributed by atoms with Gasteiger partial charge in [-0.15, -0.1) is 0 Å². The third-order valence-electron chi connectivity index (χ3n) is 6.67. The van der Waals surface area contributed by atoms with Gasteiger partial charge in [-0.1, -0.05) is 29.8 Å². The Hall–Kier alpha value is -3.13. The van der Waals surface area contributed by atoms with Gasteiger partial charge < -0.3 is 0 Å². The number of carbonyl (C=O) groups is 3. The van der Waals surface area contributed by atoms with E-state index in [1.165, 1.54) is 36.4 Å². The summed E-state index contributed by atoms with van der Waals surface area (Å²) in [7, 11) is 0. The highest BCUT2D eigenvalue weighted by Gasteiger charge is 2.59. The molecule has 0 spiro atoms. The van der Waals surface area contributed by atoms with Gasteiger partial charge in [-0.2, -0.15) is 13.2 Å². The molecule has 1 saturated carbocycles. The van der Waals surface area contributed by atoms with E-state index in [1.807, 2.05) is 12.2 Å². The van der Waals surface area contributed by atoms with Crippen molar-refractivity contribution in [3.63, 3.8) is 0 Å². The van der Waals surface area contributed by atoms with Gasteiger partial charge in [-0.25, -0.2) is 0 Å². The zero-order chi connectivity index (χ0) is 23.5. The van der Waals surface area contributed by atoms with Gasteiger partial charge in [-0.05, 0) is 60.7 Å². The number of nitrogens with zero attached hydrogens (tertiary/aromatic N) is 2. The van der Waals surface area contributed by atoms with E-state index in [1.54, 1.807) is 0 Å². The monoisotopic (exact) mass is 474 g/mol. The highest BCUT2D eigenvalue weighted by molar-refractivity contribution is 6.30. The summed E-state index contributed by atoms with van der Waals surface area (Å²) in [5.74, 6) is -2.40. The highest BCUT2D eigenvalue weighted by atomic mass is 35.5. The molecule has 1 saturated heterocycles. The smallest absolute Gasteiger partial charge is 0.290 e. The molecule has 2 aliphatic carbocycles. The third-order valence-corrected chi connectivity index (χ3v) is 6.92. The summed E-state index contributed by atoms with van der Waals surface area (Å²) in [6.07, 6.45) is 0.0295. The zero-order valence-electron chi connectivity index (χ0n) is 17.1. The van der Waals surface area contributed by atoms with E-state index in [-0.39, 0.29) is 34.9 Å². The Kier molecular flexibility index (Phi) is 5.08. The average Bonchev–Trinajstić information content (AvgIpc) is 3.46. The van der Waals surface area contributed by atoms with Gasteiger partial charge in [0.05, 0.1) is 17.4 Å². The number of hydrogen-bond donors (Lipinski definition) is 0. The van der Waals surface area contributed by atoms with E-state index in [4.69, 9.17) is 11.6 Å². The maximum Gasteiger partial charge on any atom is 0.416 e. The van der Waals surface area contributed by atoms with Crippen LogP contribution in [0.5, 0.6) is 0 Å². The van der Waals surface area contributed by atoms with Crippen molar-refractivity contribution >= 4 is 35.0 Å². The van der Waals surface area contributed by atoms with Gasteiger partial charge in [0.25, 0.3) is 5.91 Å². The van der Waals surface area contributed by atoms with Crippen LogP contribution in [0.3, 0.4) is 0 Å². The first-order valence-corrected chi connectivity index (χ1v) is 10.8. The Morgan fingerprint density at radius 1 is 1.00 bits per heavy atom. The number of likely N-dealkylation sites (tertiary alicyclic amines) is 1. The van der Waals surface area contributed by atoms with Crippen LogP contribution >= 0.6 is 11.6 Å². The molecule has 2 bridgehead atoms. The fraction of sp³-hybridized carbons (Fsp3) is 0.292. The lowest BCUT2D eigenvalue weighted by atomic mass is 9.85. The molecule has 1 heterocycles. The quantitative estimate of drug-likeness (QED) is 0.474. The number of rotatable bonds is 4. The van der Waals surface area contributed by atoms with Crippen LogP contribution in [0.4, 0.5) is 18.9 Å². The van der Waals surface area contributed by atoms with E-state index in [0.717, 1.165) is 28.4 Å². The second kappa shape index (κ2) is 7.73. The summed E-state index contributed by atoms with van der Waals surface area (Å²) in [4.78, 5) is 41.6. The highest BCUT2D eigenvalue weighted by Crippen LogP contribution is 2.52. The molecule has 4 atom stereocenters. The van der Waals surface area contributed by atoms with Crippen LogP contribution in [0.15, 0.2) is 60.7 Å². The standard InChI is InChI=1S/C24H18ClF3N2O3/c25-17-8-6-13(7-9-17)21(31)29(18-3-1-2-16(11-18)24(26,27)28)12-30-22(32)19-14-4-5-15(10-14)20(19)23(30)33/h1-9,11,14-15,19-20H,10,12H2/t14-,15-,19+,20+/m0/s1. The SMILES string of the molecule is O=C1[C@H]2[C@H](C(=O)N1CN(C(=O)c1ccc(Cl)cc1)c1cccc(C(F)(F)F)c1)[C@H]1C=C[C@H]2C1. The first-order chi connectivity index (χ1) is 15.6. The fourth-order valence-corrected chi connectivity index (χ4v) is 5.23. The van der Waals surface area contributed by atoms with E-state index in [0.29, 0.717) is 5.02 Å². The lowest BCUT2D eigenvalue weighted by Gasteiger charge is -2.28. The normalized spacial score (nSPS) is 25.6. The Balaban J connectivity index is 1.51. The summed E-state index contributed by atoms with van der Waals surface area (Å²) in [5.41, 5.74) is -0.839. The molecule has 33 heavy (non-hydrogen) atoms. The molecule has 3 amide bonds. The summed E-state index contributed by atoms with van der Waals surface area (Å²) in [5, 5.41) is 0.387. The zero-order valence-corrected chi connectivity index (χ0v) is 17.9. The minimum atomic E-state index is -4.62. The van der Waals surface area contributed by atoms with Crippen molar-refractivity contribution in [2.75, 3.05) is 11.6 Å². The molecule has 2 fully saturated rings. The van der Waals surface area contributed by atoms with Crippen molar-refractivity contribution in [3.05, 3.63) is 76.8 Å². The molecule has 170 valence electrons. The van der Waals surface area contributed by atoms with Crippen molar-refractivity contribution in [2.24, 2.45) is 23.7 Å². The molecule has 9 heteroatoms. The first kappa shape index (κ1) is 21.7. The number of anilines is 1. The maximum absolute atomic E-state index is 13.3. The topological polar surface area (TPSA) is 57.7 Å². The van der Waals surface area contributed by atoms with Crippen molar-refractivity contribution in [3.8, 4) is 0 Å². The van der Waals surface area contributed by atoms with Crippen molar-refractivity contribution in [2.45, 2.75) is 12.6 Å². The van der Waals surface area contributed by atoms with Gasteiger partial charge in [0.15, 0.2) is 0 Å². The van der Waals surface area contributed by atoms with Crippen molar-refractivity contribution in [1.29, 1.82) is 0 Å². The van der Waals surface area contributed by atoms with Crippen LogP contribution in [0.1, 0.15) is 22.3 Å². The Morgan fingerprint density at radius 3 is 2.18 bits per heavy atom. The molecular formula is C24H18ClF3N2O3. The van der Waals surface area contributed by atoms with E-state index < -0.39 is 36.2 Å². The Labute approximate surface area is 192 Å². The molecule has 0 unspecified atom stereocenters. The van der Waals surface area contributed by atoms with Crippen molar-refractivity contribution in [1.82, 2.24) is 4.90 Å². The number of halogens is 4. The van der Waals surface area contributed by atoms with Gasteiger partial charge in [0.1, 0.15) is 6.67 Å². The molecule has 0 radical (unpaired) electrons. The summed E-state index contributed by atoms with van der Waals surface area (Å²) < 4.78 is 40.0. The summed E-state index contributed by atoms with van der Waals surface area (Å²) >= 11 is 5.89. The maximum atomic E-state index is 13.3. The number of alkyl halides is 3. The van der Waals surface area contributed by atoms with Crippen LogP contribution in [0, 0.1) is 23.7 Å². The van der Waals surface area contributed by atoms with Gasteiger partial charge in [0, 0.05) is 16.3 Å². The molecule has 2 aromatic carbocycles. The number of carbonyl (C=O) groups excluding carboxylic acids is 3. The van der Waals surface area contributed by atoms with Crippen LogP contribution in [0.2, 0.25) is 5.02 Å². The Morgan fingerprint density at radius 2 is 1.61 bits per heavy atom. The molecule has 5 rings (SSSR count). The average molecular weight is 475 g/mol. The molecule has 2 aromatic rings. The van der Waals surface area contributed by atoms with Crippen LogP contribution in [-0.2, 0) is 15.8 Å². The largest absolute Gasteiger partial charge is 0.416 e. The minimum absolute atomic E-state index is 0.0181. The van der Waals surface area contributed by atoms with Gasteiger partial charge in [-0.3, -0.25) is 24.2 Å². The number of allylic oxidation sites excluding steroid dienone is 2. The van der Waals surface area contributed by atoms with E-state index in [2.05, 4.69) is 0 Å². The number of benzene rings is 2. The molecule has 5 nitrogen and oxygen atoms in total. The second-order valence-corrected chi connectivity index (χ2v) is 8.97. The predicted molar refractivity (Wildman–Crippen MR) is 114 cm³/mol. The minimum Gasteiger partial charge on any atom is -0.290 e. The van der Waals surface area contributed by atoms with Gasteiger partial charge in [0.2, 0.25) is 11.8 Å². The number of imide groups is 1. The molecule has 1 aliphatic heterocycles. The molecule has 3 aliphatic rings.